The number of benzene rings is 8. The Morgan fingerprint density at radius 1 is 0.460 bits per heavy atom. The van der Waals surface area contributed by atoms with Crippen LogP contribution in [0.1, 0.15) is 63.9 Å². The quantitative estimate of drug-likeness (QED) is 0.102. The lowest BCUT2D eigenvalue weighted by atomic mass is 9.81. The van der Waals surface area contributed by atoms with E-state index in [-0.39, 0.29) is 5.41 Å². The van der Waals surface area contributed by atoms with Crippen LogP contribution in [-0.2, 0) is 5.41 Å². The lowest BCUT2D eigenvalue weighted by Gasteiger charge is -2.26. The zero-order chi connectivity index (χ0) is 43.5. The molecule has 0 radical (unpaired) electrons. The van der Waals surface area contributed by atoms with Crippen LogP contribution in [0, 0.1) is 31.8 Å². The van der Waals surface area contributed by atoms with E-state index < -0.39 is 0 Å². The van der Waals surface area contributed by atoms with Crippen LogP contribution in [0.15, 0.2) is 182 Å². The van der Waals surface area contributed by atoms with Gasteiger partial charge in [-0.25, -0.2) is 4.85 Å². The fourth-order valence-corrected chi connectivity index (χ4v) is 8.68. The summed E-state index contributed by atoms with van der Waals surface area (Å²) in [6, 6.07) is 65.6. The SMILES string of the molecule is [C-]#[N+]c1cccc(N(c2ccc(/C=C/c3ccc4c(c3)C(C)(C)c3cc(/C=C/c5ccc(N(c6cccc(C)c6)c6cccc(C#N)c6)cc5)ccc3-4)cc2)c2cccc(C)c2)c1. The highest BCUT2D eigenvalue weighted by Crippen LogP contribution is 2.49. The highest BCUT2D eigenvalue weighted by Gasteiger charge is 2.35. The largest absolute Gasteiger partial charge is 0.312 e. The molecule has 0 saturated heterocycles. The zero-order valence-corrected chi connectivity index (χ0v) is 35.9. The van der Waals surface area contributed by atoms with E-state index in [0.717, 1.165) is 50.8 Å². The van der Waals surface area contributed by atoms with Crippen LogP contribution in [0.25, 0.3) is 40.3 Å². The van der Waals surface area contributed by atoms with Crippen molar-refractivity contribution in [1.82, 2.24) is 0 Å². The average molecular weight is 811 g/mol. The van der Waals surface area contributed by atoms with Gasteiger partial charge in [-0.1, -0.05) is 141 Å². The minimum Gasteiger partial charge on any atom is -0.312 e. The maximum atomic E-state index is 9.61. The Bertz CT molecular complexity index is 2920. The van der Waals surface area contributed by atoms with Crippen molar-refractivity contribution >= 4 is 64.1 Å². The number of nitrogens with zero attached hydrogens (tertiary/aromatic N) is 4. The molecule has 8 aromatic rings. The van der Waals surface area contributed by atoms with Crippen molar-refractivity contribution in [3.05, 3.63) is 243 Å². The van der Waals surface area contributed by atoms with Crippen LogP contribution < -0.4 is 9.80 Å². The normalized spacial score (nSPS) is 12.4. The lowest BCUT2D eigenvalue weighted by molar-refractivity contribution is 0.660. The zero-order valence-electron chi connectivity index (χ0n) is 35.9. The van der Waals surface area contributed by atoms with Crippen molar-refractivity contribution in [2.24, 2.45) is 0 Å². The molecule has 0 saturated carbocycles. The summed E-state index contributed by atoms with van der Waals surface area (Å²) in [5.74, 6) is 0. The molecule has 0 atom stereocenters. The smallest absolute Gasteiger partial charge is 0.189 e. The van der Waals surface area contributed by atoms with Crippen molar-refractivity contribution in [3.63, 3.8) is 0 Å². The monoisotopic (exact) mass is 810 g/mol. The van der Waals surface area contributed by atoms with Crippen LogP contribution >= 0.6 is 0 Å². The van der Waals surface area contributed by atoms with E-state index >= 15 is 0 Å². The number of anilines is 6. The van der Waals surface area contributed by atoms with Crippen molar-refractivity contribution < 1.29 is 0 Å². The van der Waals surface area contributed by atoms with Crippen molar-refractivity contribution in [3.8, 4) is 17.2 Å². The molecule has 0 aromatic heterocycles. The van der Waals surface area contributed by atoms with E-state index in [9.17, 15) is 5.26 Å². The van der Waals surface area contributed by atoms with Crippen LogP contribution in [0.4, 0.5) is 39.8 Å². The molecule has 0 unspecified atom stereocenters. The predicted octanol–water partition coefficient (Wildman–Crippen LogP) is 16.3. The summed E-state index contributed by atoms with van der Waals surface area (Å²) in [4.78, 5) is 8.08. The molecule has 0 spiro atoms. The molecule has 4 heteroatoms. The Morgan fingerprint density at radius 3 is 1.33 bits per heavy atom. The fraction of sp³-hybridized carbons (Fsp3) is 0.0847. The molecule has 0 N–H and O–H groups in total. The van der Waals surface area contributed by atoms with Crippen LogP contribution in [0.2, 0.25) is 0 Å². The van der Waals surface area contributed by atoms with Crippen molar-refractivity contribution in [2.45, 2.75) is 33.1 Å². The summed E-state index contributed by atoms with van der Waals surface area (Å²) in [6.07, 6.45) is 8.76. The minimum absolute atomic E-state index is 0.159. The molecule has 1 aliphatic rings. The maximum Gasteiger partial charge on any atom is 0.189 e. The molecular weight excluding hydrogens is 765 g/mol. The van der Waals surface area contributed by atoms with Gasteiger partial charge >= 0.3 is 0 Å². The average Bonchev–Trinajstić information content (AvgIpc) is 3.53. The molecule has 0 bridgehead atoms. The Balaban J connectivity index is 0.922. The topological polar surface area (TPSA) is 34.6 Å². The first-order valence-electron chi connectivity index (χ1n) is 21.2. The van der Waals surface area contributed by atoms with E-state index in [0.29, 0.717) is 11.3 Å². The molecule has 0 heterocycles. The van der Waals surface area contributed by atoms with Gasteiger partial charge in [-0.2, -0.15) is 5.26 Å². The summed E-state index contributed by atoms with van der Waals surface area (Å²) in [5, 5.41) is 9.61. The first-order chi connectivity index (χ1) is 30.7. The number of nitriles is 1. The summed E-state index contributed by atoms with van der Waals surface area (Å²) in [5.41, 5.74) is 19.3. The van der Waals surface area contributed by atoms with E-state index in [4.69, 9.17) is 6.57 Å². The fourth-order valence-electron chi connectivity index (χ4n) is 8.68. The summed E-state index contributed by atoms with van der Waals surface area (Å²) in [6.45, 7) is 16.4. The van der Waals surface area contributed by atoms with Gasteiger partial charge in [-0.3, -0.25) is 0 Å². The molecule has 0 aliphatic heterocycles. The van der Waals surface area contributed by atoms with Gasteiger partial charge in [-0.15, -0.1) is 0 Å². The molecule has 9 rings (SSSR count). The molecule has 0 amide bonds. The van der Waals surface area contributed by atoms with Gasteiger partial charge in [0.25, 0.3) is 0 Å². The molecule has 1 aliphatic carbocycles. The molecular formula is C59H46N4. The third-order valence-corrected chi connectivity index (χ3v) is 11.9. The van der Waals surface area contributed by atoms with E-state index in [2.05, 4.69) is 212 Å². The predicted molar refractivity (Wildman–Crippen MR) is 265 cm³/mol. The number of rotatable bonds is 10. The molecule has 0 fully saturated rings. The van der Waals surface area contributed by atoms with Gasteiger partial charge in [0.1, 0.15) is 0 Å². The van der Waals surface area contributed by atoms with Crippen LogP contribution in [-0.4, -0.2) is 0 Å². The highest BCUT2D eigenvalue weighted by atomic mass is 15.1. The molecule has 4 nitrogen and oxygen atoms in total. The third kappa shape index (κ3) is 8.32. The second-order valence-corrected chi connectivity index (χ2v) is 16.7. The van der Waals surface area contributed by atoms with Crippen LogP contribution in [0.3, 0.4) is 0 Å². The molecule has 63 heavy (non-hydrogen) atoms. The Labute approximate surface area is 371 Å². The number of hydrogen-bond acceptors (Lipinski definition) is 3. The summed E-state index contributed by atoms with van der Waals surface area (Å²) >= 11 is 0. The van der Waals surface area contributed by atoms with Gasteiger partial charge in [0, 0.05) is 39.5 Å². The van der Waals surface area contributed by atoms with Crippen LogP contribution in [0.5, 0.6) is 0 Å². The minimum atomic E-state index is -0.159. The Hall–Kier alpha value is -8.18. The molecule has 302 valence electrons. The first-order valence-corrected chi connectivity index (χ1v) is 21.2. The van der Waals surface area contributed by atoms with Gasteiger partial charge in [-0.05, 0) is 148 Å². The van der Waals surface area contributed by atoms with Gasteiger partial charge in [0.05, 0.1) is 18.2 Å². The maximum absolute atomic E-state index is 9.61. The van der Waals surface area contributed by atoms with E-state index in [1.807, 2.05) is 42.5 Å². The van der Waals surface area contributed by atoms with E-state index in [1.165, 1.54) is 38.9 Å². The number of aryl methyl sites for hydroxylation is 2. The number of hydrogen-bond donors (Lipinski definition) is 0. The Morgan fingerprint density at radius 2 is 0.873 bits per heavy atom. The van der Waals surface area contributed by atoms with Gasteiger partial charge in [0.15, 0.2) is 5.69 Å². The molecule has 8 aromatic carbocycles. The second-order valence-electron chi connectivity index (χ2n) is 16.7. The van der Waals surface area contributed by atoms with Crippen molar-refractivity contribution in [1.29, 1.82) is 5.26 Å². The summed E-state index contributed by atoms with van der Waals surface area (Å²) < 4.78 is 0. The highest BCUT2D eigenvalue weighted by molar-refractivity contribution is 5.86. The van der Waals surface area contributed by atoms with Crippen molar-refractivity contribution in [2.75, 3.05) is 9.80 Å². The van der Waals surface area contributed by atoms with E-state index in [1.54, 1.807) is 0 Å². The standard InChI is InChI=1S/C59H46N4/c1-41-10-6-14-51(34-41)62(53-16-8-12-47(36-53)40-60)49-28-22-43(23-29-49)18-20-45-26-32-55-56-33-27-46(38-58(56)59(3,4)57(55)37-45)21-19-44-24-30-50(31-25-44)63(52-15-7-11-42(2)35-52)54-17-9-13-48(39-54)61-5/h6-39H,1-4H3/b20-18+,21-19+. The third-order valence-electron chi connectivity index (χ3n) is 11.9. The number of fused-ring (bicyclic) bond motifs is 3. The Kier molecular flexibility index (Phi) is 10.9. The van der Waals surface area contributed by atoms with Gasteiger partial charge in [0.2, 0.25) is 0 Å². The second kappa shape index (κ2) is 17.1. The lowest BCUT2D eigenvalue weighted by Crippen LogP contribution is -2.15. The first kappa shape index (κ1) is 40.2. The van der Waals surface area contributed by atoms with Gasteiger partial charge < -0.3 is 9.80 Å². The summed E-state index contributed by atoms with van der Waals surface area (Å²) in [7, 11) is 0.